The summed E-state index contributed by atoms with van der Waals surface area (Å²) in [5, 5.41) is 6.86. The Labute approximate surface area is 181 Å². The zero-order valence-corrected chi connectivity index (χ0v) is 18.1. The summed E-state index contributed by atoms with van der Waals surface area (Å²) in [6.07, 6.45) is 2.33. The number of nitrogen functional groups attached to an aromatic ring is 2. The number of anilines is 4. The monoisotopic (exact) mass is 442 g/mol. The fraction of sp³-hybridized carbons (Fsp3) is 0.333. The van der Waals surface area contributed by atoms with Crippen molar-refractivity contribution in [3.63, 3.8) is 0 Å². The first kappa shape index (κ1) is 29.6. The first-order valence-corrected chi connectivity index (χ1v) is 7.82. The van der Waals surface area contributed by atoms with Crippen LogP contribution in [0, 0.1) is 5.92 Å². The predicted octanol–water partition coefficient (Wildman–Crippen LogP) is 5.48. The summed E-state index contributed by atoms with van der Waals surface area (Å²) in [6.45, 7) is 4.23. The highest BCUT2D eigenvalue weighted by Gasteiger charge is 2.02. The van der Waals surface area contributed by atoms with Crippen LogP contribution in [0.3, 0.4) is 0 Å². The van der Waals surface area contributed by atoms with Crippen LogP contribution in [0.25, 0.3) is 0 Å². The van der Waals surface area contributed by atoms with Crippen LogP contribution in [0.1, 0.15) is 19.8 Å². The molecule has 4 nitrogen and oxygen atoms in total. The third kappa shape index (κ3) is 11.4. The van der Waals surface area contributed by atoms with Crippen molar-refractivity contribution in [2.24, 2.45) is 5.92 Å². The van der Waals surface area contributed by atoms with Gasteiger partial charge in [-0.2, -0.15) is 0 Å². The lowest BCUT2D eigenvalue weighted by Crippen LogP contribution is -2.13. The Bertz CT molecular complexity index is 564. The third-order valence-electron chi connectivity index (χ3n) is 3.68. The Morgan fingerprint density at radius 3 is 1.62 bits per heavy atom. The van der Waals surface area contributed by atoms with Gasteiger partial charge in [-0.15, -0.1) is 49.6 Å². The molecule has 0 bridgehead atoms. The lowest BCUT2D eigenvalue weighted by Gasteiger charge is -2.14. The number of benzene rings is 2. The van der Waals surface area contributed by atoms with Crippen LogP contribution in [0.4, 0.5) is 22.7 Å². The van der Waals surface area contributed by atoms with Crippen LogP contribution in [-0.2, 0) is 0 Å². The van der Waals surface area contributed by atoms with Gasteiger partial charge in [0.25, 0.3) is 0 Å². The van der Waals surface area contributed by atoms with Crippen molar-refractivity contribution in [1.82, 2.24) is 0 Å². The zero-order valence-electron chi connectivity index (χ0n) is 14.8. The molecule has 1 unspecified atom stereocenters. The molecule has 26 heavy (non-hydrogen) atoms. The third-order valence-corrected chi connectivity index (χ3v) is 3.68. The average Bonchev–Trinajstić information content (AvgIpc) is 2.53. The molecule has 0 saturated heterocycles. The molecule has 0 saturated carbocycles. The highest BCUT2D eigenvalue weighted by Crippen LogP contribution is 2.14. The van der Waals surface area contributed by atoms with Crippen molar-refractivity contribution in [1.29, 1.82) is 0 Å². The van der Waals surface area contributed by atoms with Gasteiger partial charge in [0.1, 0.15) is 0 Å². The topological polar surface area (TPSA) is 76.1 Å². The van der Waals surface area contributed by atoms with Crippen molar-refractivity contribution in [2.75, 3.05) is 35.2 Å². The second-order valence-corrected chi connectivity index (χ2v) is 5.80. The predicted molar refractivity (Wildman–Crippen MR) is 126 cm³/mol. The number of halogens is 4. The number of hydrogen-bond acceptors (Lipinski definition) is 4. The molecule has 150 valence electrons. The van der Waals surface area contributed by atoms with Gasteiger partial charge in [0.15, 0.2) is 0 Å². The van der Waals surface area contributed by atoms with E-state index in [-0.39, 0.29) is 49.6 Å². The van der Waals surface area contributed by atoms with Crippen LogP contribution >= 0.6 is 49.6 Å². The maximum Gasteiger partial charge on any atom is 0.0341 e. The molecule has 1 atom stereocenters. The molecule has 2 aromatic carbocycles. The highest BCUT2D eigenvalue weighted by molar-refractivity contribution is 5.86. The van der Waals surface area contributed by atoms with Gasteiger partial charge >= 0.3 is 0 Å². The quantitative estimate of drug-likeness (QED) is 0.321. The number of nitrogens with two attached hydrogens (primary N) is 2. The van der Waals surface area contributed by atoms with E-state index >= 15 is 0 Å². The standard InChI is InChI=1S/C18H26N4.4ClH/c1-14(13-22-18-10-6-16(20)7-11-18)3-2-12-21-17-8-4-15(19)5-9-17;;;;/h4-11,14,21-22H,2-3,12-13,19-20H2,1H3;4*1H. The number of rotatable bonds is 8. The molecule has 6 N–H and O–H groups in total. The van der Waals surface area contributed by atoms with Gasteiger partial charge in [-0.25, -0.2) is 0 Å². The molecule has 0 aromatic heterocycles. The second-order valence-electron chi connectivity index (χ2n) is 5.80. The van der Waals surface area contributed by atoms with Crippen molar-refractivity contribution in [3.05, 3.63) is 48.5 Å². The maximum atomic E-state index is 5.68. The summed E-state index contributed by atoms with van der Waals surface area (Å²) in [5.41, 5.74) is 15.2. The van der Waals surface area contributed by atoms with Gasteiger partial charge in [-0.3, -0.25) is 0 Å². The van der Waals surface area contributed by atoms with Gasteiger partial charge in [0.05, 0.1) is 0 Å². The molecule has 0 aliphatic rings. The van der Waals surface area contributed by atoms with Gasteiger partial charge < -0.3 is 22.1 Å². The minimum Gasteiger partial charge on any atom is -0.399 e. The van der Waals surface area contributed by atoms with Crippen LogP contribution in [0.5, 0.6) is 0 Å². The molecule has 8 heteroatoms. The maximum absolute atomic E-state index is 5.68. The average molecular weight is 444 g/mol. The Hall–Kier alpha value is -1.20. The van der Waals surface area contributed by atoms with E-state index in [2.05, 4.69) is 17.6 Å². The van der Waals surface area contributed by atoms with Gasteiger partial charge in [-0.05, 0) is 67.3 Å². The molecular formula is C18H30Cl4N4. The lowest BCUT2D eigenvalue weighted by atomic mass is 10.1. The van der Waals surface area contributed by atoms with Crippen LogP contribution in [0.15, 0.2) is 48.5 Å². The van der Waals surface area contributed by atoms with Gasteiger partial charge in [0, 0.05) is 35.8 Å². The summed E-state index contributed by atoms with van der Waals surface area (Å²) in [6, 6.07) is 15.7. The minimum atomic E-state index is 0. The summed E-state index contributed by atoms with van der Waals surface area (Å²) in [5.74, 6) is 0.630. The zero-order chi connectivity index (χ0) is 15.8. The van der Waals surface area contributed by atoms with E-state index in [9.17, 15) is 0 Å². The van der Waals surface area contributed by atoms with Crippen molar-refractivity contribution in [3.8, 4) is 0 Å². The smallest absolute Gasteiger partial charge is 0.0341 e. The van der Waals surface area contributed by atoms with E-state index in [0.29, 0.717) is 5.92 Å². The largest absolute Gasteiger partial charge is 0.399 e. The number of nitrogens with one attached hydrogen (secondary N) is 2. The highest BCUT2D eigenvalue weighted by atomic mass is 35.5. The molecule has 0 heterocycles. The lowest BCUT2D eigenvalue weighted by molar-refractivity contribution is 0.543. The molecule has 0 spiro atoms. The summed E-state index contributed by atoms with van der Waals surface area (Å²) in [7, 11) is 0. The Morgan fingerprint density at radius 2 is 1.15 bits per heavy atom. The van der Waals surface area contributed by atoms with E-state index < -0.39 is 0 Å². The summed E-state index contributed by atoms with van der Waals surface area (Å²) in [4.78, 5) is 0. The second kappa shape index (κ2) is 16.0. The van der Waals surface area contributed by atoms with Gasteiger partial charge in [-0.1, -0.05) is 6.92 Å². The van der Waals surface area contributed by atoms with Crippen LogP contribution in [-0.4, -0.2) is 13.1 Å². The molecule has 0 amide bonds. The molecular weight excluding hydrogens is 414 g/mol. The fourth-order valence-corrected chi connectivity index (χ4v) is 2.28. The van der Waals surface area contributed by atoms with Gasteiger partial charge in [0.2, 0.25) is 0 Å². The first-order chi connectivity index (χ1) is 10.6. The van der Waals surface area contributed by atoms with E-state index in [1.54, 1.807) is 0 Å². The van der Waals surface area contributed by atoms with E-state index in [4.69, 9.17) is 11.5 Å². The van der Waals surface area contributed by atoms with Crippen molar-refractivity contribution in [2.45, 2.75) is 19.8 Å². The van der Waals surface area contributed by atoms with Crippen LogP contribution in [0.2, 0.25) is 0 Å². The molecule has 0 fully saturated rings. The van der Waals surface area contributed by atoms with E-state index in [1.807, 2.05) is 48.5 Å². The Balaban J connectivity index is -0.00000132. The number of hydrogen-bond donors (Lipinski definition) is 4. The molecule has 0 aliphatic carbocycles. The minimum absolute atomic E-state index is 0. The molecule has 2 rings (SSSR count). The first-order valence-electron chi connectivity index (χ1n) is 7.82. The molecule has 0 radical (unpaired) electrons. The van der Waals surface area contributed by atoms with Crippen molar-refractivity contribution >= 4 is 72.4 Å². The summed E-state index contributed by atoms with van der Waals surface area (Å²) < 4.78 is 0. The molecule has 0 aliphatic heterocycles. The molecule has 2 aromatic rings. The Kier molecular flexibility index (Phi) is 18.2. The Morgan fingerprint density at radius 1 is 0.731 bits per heavy atom. The van der Waals surface area contributed by atoms with E-state index in [0.717, 1.165) is 42.3 Å². The summed E-state index contributed by atoms with van der Waals surface area (Å²) >= 11 is 0. The van der Waals surface area contributed by atoms with E-state index in [1.165, 1.54) is 6.42 Å². The fourth-order valence-electron chi connectivity index (χ4n) is 2.28. The normalized spacial score (nSPS) is 10.0. The van der Waals surface area contributed by atoms with Crippen molar-refractivity contribution < 1.29 is 0 Å². The van der Waals surface area contributed by atoms with Crippen LogP contribution < -0.4 is 22.1 Å². The SMILES string of the molecule is CC(CCCNc1ccc(N)cc1)CNc1ccc(N)cc1.Cl.Cl.Cl.Cl.